The van der Waals surface area contributed by atoms with Crippen LogP contribution in [0.1, 0.15) is 50.7 Å². The molecule has 2 heteroatoms. The van der Waals surface area contributed by atoms with Crippen molar-refractivity contribution < 1.29 is 0 Å². The molecule has 3 aromatic carbocycles. The first kappa shape index (κ1) is 18.9. The largest absolute Gasteiger partial charge is 0.399 e. The number of fused-ring (bicyclic) bond motifs is 2. The van der Waals surface area contributed by atoms with Gasteiger partial charge in [-0.3, -0.25) is 4.98 Å². The molecule has 0 aliphatic heterocycles. The van der Waals surface area contributed by atoms with Crippen molar-refractivity contribution in [1.82, 2.24) is 4.98 Å². The van der Waals surface area contributed by atoms with Gasteiger partial charge in [-0.05, 0) is 51.9 Å². The minimum absolute atomic E-state index is 0.517. The van der Waals surface area contributed by atoms with E-state index >= 15 is 0 Å². The van der Waals surface area contributed by atoms with E-state index in [-0.39, 0.29) is 0 Å². The first-order chi connectivity index (χ1) is 13.0. The molecule has 4 rings (SSSR count). The van der Waals surface area contributed by atoms with Crippen LogP contribution in [0.3, 0.4) is 0 Å². The van der Waals surface area contributed by atoms with Gasteiger partial charge in [0.05, 0.1) is 5.52 Å². The Labute approximate surface area is 162 Å². The zero-order valence-electron chi connectivity index (χ0n) is 16.6. The molecule has 0 amide bonds. The monoisotopic (exact) mass is 356 g/mol. The summed E-state index contributed by atoms with van der Waals surface area (Å²) in [4.78, 5) is 4.40. The normalized spacial score (nSPS) is 11.0. The molecule has 138 valence electrons. The summed E-state index contributed by atoms with van der Waals surface area (Å²) in [5.74, 6) is 1.06. The SMILES string of the molecule is CC(C)c1cc(N)cc2ccccc12.CC(C)c1cccc2cccnc12. The van der Waals surface area contributed by atoms with Crippen LogP contribution in [0.15, 0.2) is 72.9 Å². The van der Waals surface area contributed by atoms with Gasteiger partial charge in [0.15, 0.2) is 0 Å². The highest BCUT2D eigenvalue weighted by Gasteiger charge is 2.05. The van der Waals surface area contributed by atoms with Crippen molar-refractivity contribution in [3.05, 3.63) is 84.1 Å². The van der Waals surface area contributed by atoms with Gasteiger partial charge in [-0.2, -0.15) is 0 Å². The fourth-order valence-corrected chi connectivity index (χ4v) is 3.44. The van der Waals surface area contributed by atoms with Crippen molar-refractivity contribution in [2.45, 2.75) is 39.5 Å². The van der Waals surface area contributed by atoms with Gasteiger partial charge in [-0.15, -0.1) is 0 Å². The van der Waals surface area contributed by atoms with E-state index in [1.807, 2.05) is 24.4 Å². The van der Waals surface area contributed by atoms with Crippen molar-refractivity contribution in [1.29, 1.82) is 0 Å². The van der Waals surface area contributed by atoms with Gasteiger partial charge in [0, 0.05) is 17.3 Å². The molecule has 0 unspecified atom stereocenters. The molecule has 27 heavy (non-hydrogen) atoms. The maximum Gasteiger partial charge on any atom is 0.0736 e. The average Bonchev–Trinajstić information content (AvgIpc) is 2.67. The van der Waals surface area contributed by atoms with Gasteiger partial charge < -0.3 is 5.73 Å². The van der Waals surface area contributed by atoms with Gasteiger partial charge in [-0.1, -0.05) is 76.2 Å². The Hall–Kier alpha value is -2.87. The minimum Gasteiger partial charge on any atom is -0.399 e. The van der Waals surface area contributed by atoms with Crippen molar-refractivity contribution in [3.8, 4) is 0 Å². The fourth-order valence-electron chi connectivity index (χ4n) is 3.44. The van der Waals surface area contributed by atoms with Crippen LogP contribution in [0.5, 0.6) is 0 Å². The molecule has 0 spiro atoms. The van der Waals surface area contributed by atoms with Crippen LogP contribution in [-0.4, -0.2) is 4.98 Å². The van der Waals surface area contributed by atoms with Crippen LogP contribution < -0.4 is 5.73 Å². The number of rotatable bonds is 2. The molecule has 0 saturated heterocycles. The summed E-state index contributed by atoms with van der Waals surface area (Å²) in [6.07, 6.45) is 1.86. The number of para-hydroxylation sites is 1. The number of nitrogen functional groups attached to an aromatic ring is 1. The van der Waals surface area contributed by atoms with E-state index in [1.165, 1.54) is 27.3 Å². The molecule has 0 fully saturated rings. The van der Waals surface area contributed by atoms with E-state index in [9.17, 15) is 0 Å². The highest BCUT2D eigenvalue weighted by Crippen LogP contribution is 2.28. The predicted octanol–water partition coefficient (Wildman–Crippen LogP) is 6.90. The minimum atomic E-state index is 0.517. The third kappa shape index (κ3) is 4.28. The smallest absolute Gasteiger partial charge is 0.0736 e. The lowest BCUT2D eigenvalue weighted by Gasteiger charge is -2.11. The third-order valence-electron chi connectivity index (χ3n) is 4.82. The standard InChI is InChI=1S/C13H15N.C12H13N/c1-9(2)13-8-11(14)7-10-5-3-4-6-12(10)13;1-9(2)11-7-3-5-10-6-4-8-13-12(10)11/h3-9H,14H2,1-2H3;3-9H,1-2H3. The van der Waals surface area contributed by atoms with Crippen LogP contribution in [0, 0.1) is 0 Å². The Morgan fingerprint density at radius 3 is 2.11 bits per heavy atom. The van der Waals surface area contributed by atoms with Gasteiger partial charge >= 0.3 is 0 Å². The van der Waals surface area contributed by atoms with Crippen molar-refractivity contribution in [2.75, 3.05) is 5.73 Å². The molecule has 0 bridgehead atoms. The van der Waals surface area contributed by atoms with Gasteiger partial charge in [0.25, 0.3) is 0 Å². The first-order valence-corrected chi connectivity index (χ1v) is 9.59. The molecule has 1 heterocycles. The Balaban J connectivity index is 0.000000156. The van der Waals surface area contributed by atoms with E-state index in [4.69, 9.17) is 5.73 Å². The van der Waals surface area contributed by atoms with E-state index in [2.05, 4.69) is 81.2 Å². The highest BCUT2D eigenvalue weighted by atomic mass is 14.6. The van der Waals surface area contributed by atoms with Crippen LogP contribution in [0.4, 0.5) is 5.69 Å². The summed E-state index contributed by atoms with van der Waals surface area (Å²) in [6.45, 7) is 8.79. The zero-order valence-corrected chi connectivity index (χ0v) is 16.6. The average molecular weight is 357 g/mol. The predicted molar refractivity (Wildman–Crippen MR) is 118 cm³/mol. The third-order valence-corrected chi connectivity index (χ3v) is 4.82. The van der Waals surface area contributed by atoms with E-state index in [1.54, 1.807) is 0 Å². The number of nitrogens with zero attached hydrogens (tertiary/aromatic N) is 1. The molecule has 0 radical (unpaired) electrons. The van der Waals surface area contributed by atoms with Gasteiger partial charge in [0.1, 0.15) is 0 Å². The molecular weight excluding hydrogens is 328 g/mol. The number of benzene rings is 3. The number of pyridine rings is 1. The molecule has 0 aliphatic carbocycles. The van der Waals surface area contributed by atoms with E-state index in [0.717, 1.165) is 11.2 Å². The number of aromatic nitrogens is 1. The Morgan fingerprint density at radius 2 is 1.37 bits per heavy atom. The quantitative estimate of drug-likeness (QED) is 0.397. The molecular formula is C25H28N2. The lowest BCUT2D eigenvalue weighted by atomic mass is 9.95. The van der Waals surface area contributed by atoms with Crippen molar-refractivity contribution in [3.63, 3.8) is 0 Å². The lowest BCUT2D eigenvalue weighted by molar-refractivity contribution is 0.873. The van der Waals surface area contributed by atoms with E-state index < -0.39 is 0 Å². The van der Waals surface area contributed by atoms with E-state index in [0.29, 0.717) is 11.8 Å². The second kappa shape index (κ2) is 8.22. The number of anilines is 1. The lowest BCUT2D eigenvalue weighted by Crippen LogP contribution is -1.93. The molecule has 4 aromatic rings. The summed E-state index contributed by atoms with van der Waals surface area (Å²) >= 11 is 0. The van der Waals surface area contributed by atoms with Crippen molar-refractivity contribution in [2.24, 2.45) is 0 Å². The molecule has 2 N–H and O–H groups in total. The Bertz CT molecular complexity index is 1040. The highest BCUT2D eigenvalue weighted by molar-refractivity contribution is 5.89. The van der Waals surface area contributed by atoms with Gasteiger partial charge in [-0.25, -0.2) is 0 Å². The molecule has 1 aromatic heterocycles. The van der Waals surface area contributed by atoms with Crippen LogP contribution in [0.2, 0.25) is 0 Å². The van der Waals surface area contributed by atoms with Crippen LogP contribution in [0.25, 0.3) is 21.7 Å². The summed E-state index contributed by atoms with van der Waals surface area (Å²) in [5.41, 5.74) is 10.5. The Morgan fingerprint density at radius 1 is 0.704 bits per heavy atom. The first-order valence-electron chi connectivity index (χ1n) is 9.59. The second-order valence-corrected chi connectivity index (χ2v) is 7.56. The topological polar surface area (TPSA) is 38.9 Å². The summed E-state index contributed by atoms with van der Waals surface area (Å²) in [6, 6.07) is 22.9. The van der Waals surface area contributed by atoms with Crippen LogP contribution >= 0.6 is 0 Å². The molecule has 0 atom stereocenters. The molecule has 0 aliphatic rings. The number of hydrogen-bond acceptors (Lipinski definition) is 2. The second-order valence-electron chi connectivity index (χ2n) is 7.56. The molecule has 2 nitrogen and oxygen atoms in total. The number of nitrogens with two attached hydrogens (primary N) is 1. The molecule has 0 saturated carbocycles. The maximum absolute atomic E-state index is 5.86. The number of hydrogen-bond donors (Lipinski definition) is 1. The summed E-state index contributed by atoms with van der Waals surface area (Å²) in [7, 11) is 0. The Kier molecular flexibility index (Phi) is 5.75. The fraction of sp³-hybridized carbons (Fsp3) is 0.240. The zero-order chi connectivity index (χ0) is 19.4. The summed E-state index contributed by atoms with van der Waals surface area (Å²) < 4.78 is 0. The summed E-state index contributed by atoms with van der Waals surface area (Å²) in [5, 5.41) is 3.78. The van der Waals surface area contributed by atoms with Gasteiger partial charge in [0.2, 0.25) is 0 Å². The maximum atomic E-state index is 5.86. The van der Waals surface area contributed by atoms with Crippen LogP contribution in [-0.2, 0) is 0 Å². The van der Waals surface area contributed by atoms with Crippen molar-refractivity contribution >= 4 is 27.4 Å².